The molecule has 1 aliphatic rings. The summed E-state index contributed by atoms with van der Waals surface area (Å²) in [4.78, 5) is 24.3. The van der Waals surface area contributed by atoms with Crippen LogP contribution in [-0.4, -0.2) is 41.0 Å². The molecular weight excluding hydrogens is 314 g/mol. The van der Waals surface area contributed by atoms with Crippen molar-refractivity contribution in [2.75, 3.05) is 20.1 Å². The number of amides is 1. The van der Waals surface area contributed by atoms with E-state index in [-0.39, 0.29) is 5.91 Å². The molecule has 2 aromatic heterocycles. The topological polar surface area (TPSA) is 79.8 Å². The van der Waals surface area contributed by atoms with Crippen molar-refractivity contribution < 1.29 is 4.79 Å². The first kappa shape index (κ1) is 15.8. The minimum atomic E-state index is -0.257. The molecule has 0 saturated carbocycles. The third-order valence-corrected chi connectivity index (χ3v) is 4.17. The molecule has 1 saturated heterocycles. The van der Waals surface area contributed by atoms with E-state index in [1.165, 1.54) is 6.33 Å². The van der Waals surface area contributed by atoms with Gasteiger partial charge in [-0.15, -0.1) is 0 Å². The summed E-state index contributed by atoms with van der Waals surface area (Å²) in [7, 11) is 1.57. The van der Waals surface area contributed by atoms with Crippen molar-refractivity contribution in [1.82, 2.24) is 25.6 Å². The number of nitrogens with one attached hydrogen (secondary N) is 2. The molecule has 0 radical (unpaired) electrons. The first-order valence-corrected chi connectivity index (χ1v) is 7.98. The van der Waals surface area contributed by atoms with E-state index in [2.05, 4.69) is 25.6 Å². The predicted octanol–water partition coefficient (Wildman–Crippen LogP) is 2.02. The first-order valence-electron chi connectivity index (χ1n) is 7.60. The van der Waals surface area contributed by atoms with E-state index in [0.29, 0.717) is 28.2 Å². The van der Waals surface area contributed by atoms with Gasteiger partial charge in [-0.3, -0.25) is 4.79 Å². The van der Waals surface area contributed by atoms with E-state index in [9.17, 15) is 4.79 Å². The van der Waals surface area contributed by atoms with Crippen LogP contribution in [0.3, 0.4) is 0 Å². The maximum atomic E-state index is 11.7. The Morgan fingerprint density at radius 3 is 2.91 bits per heavy atom. The zero-order valence-electron chi connectivity index (χ0n) is 12.8. The van der Waals surface area contributed by atoms with E-state index in [1.54, 1.807) is 13.1 Å². The second-order valence-electron chi connectivity index (χ2n) is 5.52. The first-order chi connectivity index (χ1) is 11.2. The molecule has 2 aromatic rings. The van der Waals surface area contributed by atoms with Crippen molar-refractivity contribution in [3.63, 3.8) is 0 Å². The lowest BCUT2D eigenvalue weighted by Gasteiger charge is -2.23. The van der Waals surface area contributed by atoms with Crippen LogP contribution in [0.15, 0.2) is 24.5 Å². The Hall–Kier alpha value is -2.05. The maximum Gasteiger partial charge on any atom is 0.269 e. The number of rotatable bonds is 3. The number of carbonyl (C=O) groups is 1. The molecule has 0 aliphatic carbocycles. The molecule has 1 unspecified atom stereocenters. The van der Waals surface area contributed by atoms with Gasteiger partial charge in [0, 0.05) is 13.6 Å². The van der Waals surface area contributed by atoms with Crippen LogP contribution in [-0.2, 0) is 0 Å². The summed E-state index contributed by atoms with van der Waals surface area (Å²) in [6.45, 7) is 2.00. The second-order valence-corrected chi connectivity index (χ2v) is 5.91. The Morgan fingerprint density at radius 1 is 1.30 bits per heavy atom. The summed E-state index contributed by atoms with van der Waals surface area (Å²) >= 11 is 6.19. The van der Waals surface area contributed by atoms with E-state index in [1.807, 2.05) is 12.1 Å². The van der Waals surface area contributed by atoms with Crippen molar-refractivity contribution in [2.24, 2.45) is 0 Å². The predicted molar refractivity (Wildman–Crippen MR) is 88.5 cm³/mol. The molecule has 6 nitrogen and oxygen atoms in total. The van der Waals surface area contributed by atoms with Crippen molar-refractivity contribution in [3.8, 4) is 11.4 Å². The highest BCUT2D eigenvalue weighted by molar-refractivity contribution is 6.29. The van der Waals surface area contributed by atoms with Crippen molar-refractivity contribution in [3.05, 3.63) is 40.9 Å². The number of nitrogens with zero attached hydrogens (tertiary/aromatic N) is 3. The molecule has 1 aliphatic heterocycles. The van der Waals surface area contributed by atoms with Crippen LogP contribution >= 0.6 is 11.6 Å². The number of pyridine rings is 1. The Balaban J connectivity index is 1.96. The van der Waals surface area contributed by atoms with Crippen molar-refractivity contribution in [1.29, 1.82) is 0 Å². The monoisotopic (exact) mass is 331 g/mol. The fourth-order valence-electron chi connectivity index (χ4n) is 2.77. The van der Waals surface area contributed by atoms with E-state index < -0.39 is 0 Å². The van der Waals surface area contributed by atoms with Crippen LogP contribution in [0.25, 0.3) is 11.4 Å². The van der Waals surface area contributed by atoms with Crippen LogP contribution in [0.2, 0.25) is 5.15 Å². The minimum Gasteiger partial charge on any atom is -0.354 e. The summed E-state index contributed by atoms with van der Waals surface area (Å²) in [6.07, 6.45) is 3.64. The number of carbonyl (C=O) groups excluding carboxylic acids is 1. The lowest BCUT2D eigenvalue weighted by Crippen LogP contribution is -2.28. The van der Waals surface area contributed by atoms with Gasteiger partial charge in [0.25, 0.3) is 5.91 Å². The van der Waals surface area contributed by atoms with Gasteiger partial charge in [-0.25, -0.2) is 15.0 Å². The number of halogens is 1. The lowest BCUT2D eigenvalue weighted by molar-refractivity contribution is 0.0958. The number of hydrogen-bond donors (Lipinski definition) is 2. The van der Waals surface area contributed by atoms with Crippen molar-refractivity contribution in [2.45, 2.75) is 18.8 Å². The third-order valence-electron chi connectivity index (χ3n) is 3.97. The maximum absolute atomic E-state index is 11.7. The molecule has 1 atom stereocenters. The summed E-state index contributed by atoms with van der Waals surface area (Å²) in [5.41, 5.74) is 2.70. The average molecular weight is 332 g/mol. The lowest BCUT2D eigenvalue weighted by atomic mass is 9.91. The van der Waals surface area contributed by atoms with Crippen LogP contribution in [0, 0.1) is 0 Å². The highest BCUT2D eigenvalue weighted by Crippen LogP contribution is 2.28. The largest absolute Gasteiger partial charge is 0.354 e. The number of piperidine rings is 1. The molecule has 2 N–H and O–H groups in total. The summed E-state index contributed by atoms with van der Waals surface area (Å²) in [5, 5.41) is 6.39. The zero-order valence-corrected chi connectivity index (χ0v) is 13.6. The zero-order chi connectivity index (χ0) is 16.2. The van der Waals surface area contributed by atoms with Crippen LogP contribution in [0.1, 0.15) is 34.8 Å². The highest BCUT2D eigenvalue weighted by Gasteiger charge is 2.18. The molecule has 1 amide bonds. The molecule has 0 aromatic carbocycles. The highest BCUT2D eigenvalue weighted by atomic mass is 35.5. The fraction of sp³-hybridized carbons (Fsp3) is 0.375. The van der Waals surface area contributed by atoms with Gasteiger partial charge >= 0.3 is 0 Å². The Kier molecular flexibility index (Phi) is 4.83. The molecule has 7 heteroatoms. The van der Waals surface area contributed by atoms with E-state index >= 15 is 0 Å². The minimum absolute atomic E-state index is 0.257. The molecular formula is C16H18ClN5O. The van der Waals surface area contributed by atoms with Gasteiger partial charge in [-0.05, 0) is 49.1 Å². The van der Waals surface area contributed by atoms with Gasteiger partial charge < -0.3 is 10.6 Å². The van der Waals surface area contributed by atoms with Gasteiger partial charge in [0.15, 0.2) is 0 Å². The Morgan fingerprint density at radius 2 is 2.17 bits per heavy atom. The van der Waals surface area contributed by atoms with Gasteiger partial charge in [0.1, 0.15) is 17.2 Å². The molecule has 23 heavy (non-hydrogen) atoms. The molecule has 0 spiro atoms. The Labute approximate surface area is 139 Å². The summed E-state index contributed by atoms with van der Waals surface area (Å²) in [6, 6.07) is 5.53. The van der Waals surface area contributed by atoms with Crippen LogP contribution in [0.4, 0.5) is 0 Å². The van der Waals surface area contributed by atoms with E-state index in [0.717, 1.165) is 31.5 Å². The van der Waals surface area contributed by atoms with Gasteiger partial charge in [0.05, 0.1) is 11.4 Å². The second kappa shape index (κ2) is 7.02. The molecule has 3 heterocycles. The molecule has 1 fully saturated rings. The summed E-state index contributed by atoms with van der Waals surface area (Å²) in [5.74, 6) is 0.163. The van der Waals surface area contributed by atoms with Crippen LogP contribution < -0.4 is 10.6 Å². The van der Waals surface area contributed by atoms with Gasteiger partial charge in [0.2, 0.25) is 0 Å². The number of hydrogen-bond acceptors (Lipinski definition) is 5. The standard InChI is InChI=1S/C16H18ClN5O/c1-18-16(23)14-7-12(20-9-21-14)13-5-11(6-15(17)22-13)10-3-2-4-19-8-10/h5-7,9-10,19H,2-4,8H2,1H3,(H,18,23). The van der Waals surface area contributed by atoms with Gasteiger partial charge in [-0.1, -0.05) is 11.6 Å². The quantitative estimate of drug-likeness (QED) is 0.841. The molecule has 0 bridgehead atoms. The number of aromatic nitrogens is 3. The Bertz CT molecular complexity index is 715. The van der Waals surface area contributed by atoms with Gasteiger partial charge in [-0.2, -0.15) is 0 Å². The third kappa shape index (κ3) is 3.65. The molecule has 120 valence electrons. The normalized spacial score (nSPS) is 17.7. The van der Waals surface area contributed by atoms with Crippen molar-refractivity contribution >= 4 is 17.5 Å². The molecule has 3 rings (SSSR count). The fourth-order valence-corrected chi connectivity index (χ4v) is 2.99. The van der Waals surface area contributed by atoms with E-state index in [4.69, 9.17) is 11.6 Å². The smallest absolute Gasteiger partial charge is 0.269 e. The van der Waals surface area contributed by atoms with Crippen LogP contribution in [0.5, 0.6) is 0 Å². The SMILES string of the molecule is CNC(=O)c1cc(-c2cc(C3CCCNC3)cc(Cl)n2)ncn1. The summed E-state index contributed by atoms with van der Waals surface area (Å²) < 4.78 is 0. The average Bonchev–Trinajstić information content (AvgIpc) is 2.61.